The number of oxime groups is 1. The maximum atomic E-state index is 12.9. The number of nitrogens with zero attached hydrogens (tertiary/aromatic N) is 3. The van der Waals surface area contributed by atoms with Gasteiger partial charge in [-0.1, -0.05) is 47.1 Å². The molecule has 1 atom stereocenters. The number of nitrogens with one attached hydrogen (secondary N) is 1. The lowest BCUT2D eigenvalue weighted by molar-refractivity contribution is -0.141. The molecule has 2 aliphatic rings. The summed E-state index contributed by atoms with van der Waals surface area (Å²) in [5, 5.41) is 7.60. The van der Waals surface area contributed by atoms with E-state index in [1.807, 2.05) is 30.3 Å². The summed E-state index contributed by atoms with van der Waals surface area (Å²) in [4.78, 5) is 34.4. The van der Waals surface area contributed by atoms with Gasteiger partial charge in [0.05, 0.1) is 5.71 Å². The van der Waals surface area contributed by atoms with Crippen molar-refractivity contribution in [2.45, 2.75) is 18.9 Å². The molecule has 0 radical (unpaired) electrons. The predicted octanol–water partition coefficient (Wildman–Crippen LogP) is 3.60. The molecule has 1 saturated heterocycles. The van der Waals surface area contributed by atoms with Crippen LogP contribution in [0.1, 0.15) is 18.4 Å². The summed E-state index contributed by atoms with van der Waals surface area (Å²) < 4.78 is 0. The lowest BCUT2D eigenvalue weighted by Gasteiger charge is -2.23. The van der Waals surface area contributed by atoms with E-state index in [4.69, 9.17) is 16.4 Å². The van der Waals surface area contributed by atoms with Gasteiger partial charge in [-0.2, -0.15) is 0 Å². The lowest BCUT2D eigenvalue weighted by atomic mass is 10.0. The van der Waals surface area contributed by atoms with E-state index < -0.39 is 6.10 Å². The minimum atomic E-state index is -0.602. The van der Waals surface area contributed by atoms with Crippen LogP contribution < -0.4 is 5.32 Å². The molecule has 0 aromatic heterocycles. The first-order valence-electron chi connectivity index (χ1n) is 9.98. The minimum Gasteiger partial charge on any atom is -0.382 e. The Kier molecular flexibility index (Phi) is 6.18. The third-order valence-electron chi connectivity index (χ3n) is 5.24. The number of hydrogen-bond acceptors (Lipinski definition) is 4. The molecule has 0 saturated carbocycles. The van der Waals surface area contributed by atoms with Gasteiger partial charge in [-0.25, -0.2) is 4.79 Å². The highest BCUT2D eigenvalue weighted by Crippen LogP contribution is 2.20. The van der Waals surface area contributed by atoms with E-state index in [1.165, 1.54) is 0 Å². The first-order valence-corrected chi connectivity index (χ1v) is 10.4. The van der Waals surface area contributed by atoms with Gasteiger partial charge in [-0.15, -0.1) is 0 Å². The summed E-state index contributed by atoms with van der Waals surface area (Å²) in [5.41, 5.74) is 2.44. The van der Waals surface area contributed by atoms with Crippen LogP contribution in [0.25, 0.3) is 0 Å². The SMILES string of the molecule is O=C(Nc1ccc(Cl)cc1)N1CCCN(C(=O)C2CC(c3ccccc3)=NO2)CC1. The Hall–Kier alpha value is -3.06. The van der Waals surface area contributed by atoms with Crippen LogP contribution in [0.3, 0.4) is 0 Å². The van der Waals surface area contributed by atoms with Gasteiger partial charge in [0.15, 0.2) is 0 Å². The molecule has 1 fully saturated rings. The van der Waals surface area contributed by atoms with Gasteiger partial charge in [-0.3, -0.25) is 4.79 Å². The lowest BCUT2D eigenvalue weighted by Crippen LogP contribution is -2.42. The average molecular weight is 427 g/mol. The van der Waals surface area contributed by atoms with E-state index in [2.05, 4.69) is 10.5 Å². The molecule has 2 aliphatic heterocycles. The zero-order valence-electron chi connectivity index (χ0n) is 16.5. The Labute approximate surface area is 180 Å². The molecule has 1 N–H and O–H groups in total. The number of carbonyl (C=O) groups excluding carboxylic acids is 2. The van der Waals surface area contributed by atoms with Gasteiger partial charge >= 0.3 is 6.03 Å². The van der Waals surface area contributed by atoms with Gasteiger partial charge in [-0.05, 0) is 36.2 Å². The maximum Gasteiger partial charge on any atom is 0.321 e. The maximum absolute atomic E-state index is 12.9. The Morgan fingerprint density at radius 1 is 0.967 bits per heavy atom. The molecule has 3 amide bonds. The van der Waals surface area contributed by atoms with E-state index >= 15 is 0 Å². The monoisotopic (exact) mass is 426 g/mol. The van der Waals surface area contributed by atoms with Crippen molar-refractivity contribution in [3.8, 4) is 0 Å². The number of benzene rings is 2. The number of carbonyl (C=O) groups is 2. The highest BCUT2D eigenvalue weighted by atomic mass is 35.5. The number of amides is 3. The number of halogens is 1. The first-order chi connectivity index (χ1) is 14.6. The summed E-state index contributed by atoms with van der Waals surface area (Å²) in [7, 11) is 0. The standard InChI is InChI=1S/C22H23ClN4O3/c23-17-7-9-18(10-8-17)24-22(29)27-12-4-11-26(13-14-27)21(28)20-15-19(25-30-20)16-5-2-1-3-6-16/h1-3,5-10,20H,4,11-15H2,(H,24,29). The number of rotatable bonds is 3. The summed E-state index contributed by atoms with van der Waals surface area (Å²) in [6.45, 7) is 2.10. The molecule has 0 spiro atoms. The van der Waals surface area contributed by atoms with Crippen LogP contribution in [0.4, 0.5) is 10.5 Å². The van der Waals surface area contributed by atoms with Crippen LogP contribution in [0.2, 0.25) is 5.02 Å². The molecular weight excluding hydrogens is 404 g/mol. The highest BCUT2D eigenvalue weighted by Gasteiger charge is 2.33. The fourth-order valence-corrected chi connectivity index (χ4v) is 3.72. The molecule has 30 heavy (non-hydrogen) atoms. The van der Waals surface area contributed by atoms with E-state index in [1.54, 1.807) is 34.1 Å². The molecule has 0 aliphatic carbocycles. The van der Waals surface area contributed by atoms with Crippen molar-refractivity contribution < 1.29 is 14.4 Å². The first kappa shape index (κ1) is 20.2. The number of hydrogen-bond donors (Lipinski definition) is 1. The van der Waals surface area contributed by atoms with E-state index in [0.29, 0.717) is 49.7 Å². The highest BCUT2D eigenvalue weighted by molar-refractivity contribution is 6.30. The van der Waals surface area contributed by atoms with Crippen molar-refractivity contribution in [3.63, 3.8) is 0 Å². The number of anilines is 1. The van der Waals surface area contributed by atoms with Gasteiger partial charge in [0.2, 0.25) is 6.10 Å². The molecule has 7 nitrogen and oxygen atoms in total. The molecule has 2 heterocycles. The van der Waals surface area contributed by atoms with Gasteiger partial charge in [0, 0.05) is 43.3 Å². The van der Waals surface area contributed by atoms with E-state index in [0.717, 1.165) is 11.3 Å². The third kappa shape index (κ3) is 4.74. The summed E-state index contributed by atoms with van der Waals surface area (Å²) in [6.07, 6.45) is 0.564. The van der Waals surface area contributed by atoms with Gasteiger partial charge in [0.1, 0.15) is 0 Å². The zero-order chi connectivity index (χ0) is 20.9. The van der Waals surface area contributed by atoms with E-state index in [-0.39, 0.29) is 11.9 Å². The fraction of sp³-hybridized carbons (Fsp3) is 0.318. The second-order valence-corrected chi connectivity index (χ2v) is 7.74. The van der Waals surface area contributed by atoms with Crippen molar-refractivity contribution in [1.29, 1.82) is 0 Å². The molecule has 4 rings (SSSR count). The largest absolute Gasteiger partial charge is 0.382 e. The summed E-state index contributed by atoms with van der Waals surface area (Å²) in [6, 6.07) is 16.5. The van der Waals surface area contributed by atoms with Crippen LogP contribution in [-0.4, -0.2) is 59.7 Å². The molecule has 8 heteroatoms. The van der Waals surface area contributed by atoms with Crippen molar-refractivity contribution in [2.24, 2.45) is 5.16 Å². The molecule has 0 bridgehead atoms. The van der Waals surface area contributed by atoms with Crippen molar-refractivity contribution in [1.82, 2.24) is 9.80 Å². The van der Waals surface area contributed by atoms with Crippen molar-refractivity contribution in [3.05, 3.63) is 65.2 Å². The summed E-state index contributed by atoms with van der Waals surface area (Å²) in [5.74, 6) is -0.0790. The smallest absolute Gasteiger partial charge is 0.321 e. The molecule has 156 valence electrons. The van der Waals surface area contributed by atoms with Gasteiger partial charge < -0.3 is 20.0 Å². The Morgan fingerprint density at radius 2 is 1.67 bits per heavy atom. The minimum absolute atomic E-state index is 0.0790. The molecule has 2 aromatic carbocycles. The Morgan fingerprint density at radius 3 is 2.43 bits per heavy atom. The third-order valence-corrected chi connectivity index (χ3v) is 5.49. The molecule has 2 aromatic rings. The van der Waals surface area contributed by atoms with Crippen LogP contribution in [0, 0.1) is 0 Å². The van der Waals surface area contributed by atoms with Gasteiger partial charge in [0.25, 0.3) is 5.91 Å². The summed E-state index contributed by atoms with van der Waals surface area (Å²) >= 11 is 5.88. The normalized spacial score (nSPS) is 19.0. The van der Waals surface area contributed by atoms with Crippen molar-refractivity contribution in [2.75, 3.05) is 31.5 Å². The quantitative estimate of drug-likeness (QED) is 0.814. The van der Waals surface area contributed by atoms with Crippen molar-refractivity contribution >= 4 is 34.9 Å². The van der Waals surface area contributed by atoms with Crippen LogP contribution >= 0.6 is 11.6 Å². The average Bonchev–Trinajstić information content (AvgIpc) is 3.13. The van der Waals surface area contributed by atoms with E-state index in [9.17, 15) is 9.59 Å². The fourth-order valence-electron chi connectivity index (χ4n) is 3.59. The van der Waals surface area contributed by atoms with Crippen LogP contribution in [0.5, 0.6) is 0 Å². The molecular formula is C22H23ClN4O3. The van der Waals surface area contributed by atoms with Crippen LogP contribution in [0.15, 0.2) is 59.8 Å². The second-order valence-electron chi connectivity index (χ2n) is 7.31. The Bertz CT molecular complexity index is 933. The van der Waals surface area contributed by atoms with Crippen LogP contribution in [-0.2, 0) is 9.63 Å². The second kappa shape index (κ2) is 9.17. The number of urea groups is 1. The Balaban J connectivity index is 1.30. The molecule has 1 unspecified atom stereocenters. The predicted molar refractivity (Wildman–Crippen MR) is 116 cm³/mol. The topological polar surface area (TPSA) is 74.2 Å². The zero-order valence-corrected chi connectivity index (χ0v) is 17.2.